The third kappa shape index (κ3) is 6.31. The number of carbonyl (C=O) groups is 1. The average Bonchev–Trinajstić information content (AvgIpc) is 3.63. The van der Waals surface area contributed by atoms with Crippen LogP contribution in [0, 0.1) is 17.0 Å². The third-order valence-corrected chi connectivity index (χ3v) is 6.74. The molecular formula is C29H32F3N3O2. The molecule has 1 aliphatic carbocycles. The fourth-order valence-electron chi connectivity index (χ4n) is 4.89. The van der Waals surface area contributed by atoms with Crippen LogP contribution >= 0.6 is 0 Å². The number of nitrogens with one attached hydrogen (secondary N) is 2. The van der Waals surface area contributed by atoms with Gasteiger partial charge in [0, 0.05) is 48.3 Å². The Kier molecular flexibility index (Phi) is 7.59. The summed E-state index contributed by atoms with van der Waals surface area (Å²) in [4.78, 5) is 12.6. The number of alkyl halides is 1. The quantitative estimate of drug-likeness (QED) is 0.290. The zero-order chi connectivity index (χ0) is 26.9. The molecule has 5 nitrogen and oxygen atoms in total. The van der Waals surface area contributed by atoms with E-state index in [4.69, 9.17) is 10.5 Å². The number of rotatable bonds is 9. The van der Waals surface area contributed by atoms with E-state index in [1.807, 2.05) is 31.3 Å². The predicted molar refractivity (Wildman–Crippen MR) is 139 cm³/mol. The molecule has 3 N–H and O–H groups in total. The van der Waals surface area contributed by atoms with Gasteiger partial charge in [-0.25, -0.2) is 18.0 Å². The van der Waals surface area contributed by atoms with Gasteiger partial charge in [-0.2, -0.15) is 0 Å². The first-order chi connectivity index (χ1) is 17.5. The van der Waals surface area contributed by atoms with Crippen LogP contribution < -0.4 is 5.32 Å². The van der Waals surface area contributed by atoms with Crippen molar-refractivity contribution in [3.63, 3.8) is 0 Å². The van der Waals surface area contributed by atoms with E-state index in [1.165, 1.54) is 20.1 Å². The number of fused-ring (bicyclic) bond motifs is 1. The molecule has 37 heavy (non-hydrogen) atoms. The first-order valence-electron chi connectivity index (χ1n) is 12.4. The highest BCUT2D eigenvalue weighted by Crippen LogP contribution is 2.42. The Labute approximate surface area is 215 Å². The summed E-state index contributed by atoms with van der Waals surface area (Å²) in [6, 6.07) is 7.13. The van der Waals surface area contributed by atoms with Crippen LogP contribution in [0.5, 0.6) is 0 Å². The van der Waals surface area contributed by atoms with Gasteiger partial charge in [0.25, 0.3) is 0 Å². The number of hydrogen-bond acceptors (Lipinski definition) is 4. The van der Waals surface area contributed by atoms with Gasteiger partial charge in [-0.05, 0) is 80.5 Å². The summed E-state index contributed by atoms with van der Waals surface area (Å²) >= 11 is 0. The van der Waals surface area contributed by atoms with E-state index in [0.717, 1.165) is 48.3 Å². The average molecular weight is 512 g/mol. The van der Waals surface area contributed by atoms with Crippen molar-refractivity contribution in [1.82, 2.24) is 10.2 Å². The first-order valence-corrected chi connectivity index (χ1v) is 12.4. The van der Waals surface area contributed by atoms with Gasteiger partial charge in [-0.1, -0.05) is 18.2 Å². The second-order valence-electron chi connectivity index (χ2n) is 10.5. The molecule has 1 saturated carbocycles. The van der Waals surface area contributed by atoms with Crippen LogP contribution in [0.1, 0.15) is 67.5 Å². The Morgan fingerprint density at radius 2 is 1.89 bits per heavy atom. The summed E-state index contributed by atoms with van der Waals surface area (Å²) in [5.74, 6) is -2.87. The third-order valence-electron chi connectivity index (χ3n) is 6.74. The number of hydrogen-bond donors (Lipinski definition) is 3. The van der Waals surface area contributed by atoms with E-state index in [-0.39, 0.29) is 23.7 Å². The van der Waals surface area contributed by atoms with E-state index in [2.05, 4.69) is 5.32 Å². The van der Waals surface area contributed by atoms with Gasteiger partial charge < -0.3 is 15.8 Å². The second kappa shape index (κ2) is 10.5. The molecular weight excluding hydrogens is 479 g/mol. The zero-order valence-corrected chi connectivity index (χ0v) is 21.2. The smallest absolute Gasteiger partial charge is 0.328 e. The summed E-state index contributed by atoms with van der Waals surface area (Å²) in [6.07, 6.45) is 7.82. The van der Waals surface area contributed by atoms with Crippen molar-refractivity contribution in [1.29, 1.82) is 5.41 Å². The number of carboxylic acid groups (broad SMARTS) is 1. The number of aliphatic carboxylic acids is 1. The van der Waals surface area contributed by atoms with Crippen LogP contribution in [0.4, 0.5) is 13.2 Å². The van der Waals surface area contributed by atoms with Gasteiger partial charge in [0.15, 0.2) is 0 Å². The summed E-state index contributed by atoms with van der Waals surface area (Å²) in [7, 11) is 0. The Morgan fingerprint density at radius 1 is 1.22 bits per heavy atom. The highest BCUT2D eigenvalue weighted by atomic mass is 19.1. The van der Waals surface area contributed by atoms with E-state index < -0.39 is 29.3 Å². The van der Waals surface area contributed by atoms with Gasteiger partial charge in [0.05, 0.1) is 6.04 Å². The Bertz CT molecular complexity index is 1240. The fraction of sp³-hybridized carbons (Fsp3) is 0.379. The lowest BCUT2D eigenvalue weighted by Crippen LogP contribution is -2.48. The van der Waals surface area contributed by atoms with Crippen molar-refractivity contribution < 1.29 is 23.1 Å². The molecule has 196 valence electrons. The molecule has 4 rings (SSSR count). The standard InChI is InChI=1S/C29H32F3N3O2/c1-17-10-20-13-19(21(14-33)15-34-22-6-7-22)5-8-23(20)28(35(17)16-29(2,3)32)27-24(30)11-18(12-25(27)31)4-9-26(36)37/h4-5,8-9,11-15,17,22,28,33-34H,6-7,10,16H2,1-3H3,(H,36,37)/b9-4+,21-15+,33-14?. The maximum atomic E-state index is 15.5. The minimum atomic E-state index is -1.61. The molecule has 2 aliphatic rings. The predicted octanol–water partition coefficient (Wildman–Crippen LogP) is 5.89. The molecule has 2 aromatic carbocycles. The lowest BCUT2D eigenvalue weighted by Gasteiger charge is -2.44. The lowest BCUT2D eigenvalue weighted by molar-refractivity contribution is -0.131. The second-order valence-corrected chi connectivity index (χ2v) is 10.5. The van der Waals surface area contributed by atoms with Crippen molar-refractivity contribution in [2.24, 2.45) is 0 Å². The number of nitrogens with zero attached hydrogens (tertiary/aromatic N) is 1. The minimum Gasteiger partial charge on any atom is -0.478 e. The van der Waals surface area contributed by atoms with Crippen molar-refractivity contribution in [2.45, 2.75) is 63.8 Å². The Morgan fingerprint density at radius 3 is 2.46 bits per heavy atom. The van der Waals surface area contributed by atoms with Crippen molar-refractivity contribution in [2.75, 3.05) is 6.54 Å². The molecule has 8 heteroatoms. The van der Waals surface area contributed by atoms with Crippen molar-refractivity contribution in [3.8, 4) is 0 Å². The van der Waals surface area contributed by atoms with E-state index in [1.54, 1.807) is 4.90 Å². The molecule has 2 aromatic rings. The summed E-state index contributed by atoms with van der Waals surface area (Å²) in [6.45, 7) is 4.76. The zero-order valence-electron chi connectivity index (χ0n) is 21.2. The number of benzene rings is 2. The van der Waals surface area contributed by atoms with E-state index in [0.29, 0.717) is 23.6 Å². The number of carboxylic acids is 1. The van der Waals surface area contributed by atoms with Gasteiger partial charge in [-0.15, -0.1) is 0 Å². The summed E-state index contributed by atoms with van der Waals surface area (Å²) in [5, 5.41) is 20.0. The van der Waals surface area contributed by atoms with Crippen LogP contribution in [0.2, 0.25) is 0 Å². The highest BCUT2D eigenvalue weighted by Gasteiger charge is 2.39. The van der Waals surface area contributed by atoms with E-state index in [9.17, 15) is 9.18 Å². The number of halogens is 3. The maximum absolute atomic E-state index is 15.5. The topological polar surface area (TPSA) is 76.4 Å². The number of allylic oxidation sites excluding steroid dienone is 1. The molecule has 0 aromatic heterocycles. The lowest BCUT2D eigenvalue weighted by atomic mass is 9.82. The van der Waals surface area contributed by atoms with Crippen LogP contribution in [-0.4, -0.2) is 46.5 Å². The largest absolute Gasteiger partial charge is 0.478 e. The molecule has 2 unspecified atom stereocenters. The molecule has 1 heterocycles. The minimum absolute atomic E-state index is 0.0312. The molecule has 0 amide bonds. The first kappa shape index (κ1) is 26.7. The molecule has 1 aliphatic heterocycles. The molecule has 0 saturated heterocycles. The van der Waals surface area contributed by atoms with Gasteiger partial charge in [0.2, 0.25) is 0 Å². The van der Waals surface area contributed by atoms with E-state index >= 15 is 8.78 Å². The van der Waals surface area contributed by atoms with Gasteiger partial charge in [0.1, 0.15) is 17.3 Å². The van der Waals surface area contributed by atoms with Crippen LogP contribution in [0.25, 0.3) is 11.6 Å². The molecule has 2 atom stereocenters. The van der Waals surface area contributed by atoms with Gasteiger partial charge >= 0.3 is 5.97 Å². The van der Waals surface area contributed by atoms with Crippen molar-refractivity contribution in [3.05, 3.63) is 82.1 Å². The fourth-order valence-corrected chi connectivity index (χ4v) is 4.89. The van der Waals surface area contributed by atoms with Crippen molar-refractivity contribution >= 4 is 23.8 Å². The van der Waals surface area contributed by atoms with Crippen LogP contribution in [-0.2, 0) is 11.2 Å². The summed E-state index contributed by atoms with van der Waals surface area (Å²) in [5.41, 5.74) is 1.37. The summed E-state index contributed by atoms with van der Waals surface area (Å²) < 4.78 is 45.9. The normalized spacial score (nSPS) is 20.6. The molecule has 0 bridgehead atoms. The highest BCUT2D eigenvalue weighted by molar-refractivity contribution is 6.08. The Balaban J connectivity index is 1.81. The maximum Gasteiger partial charge on any atom is 0.328 e. The molecule has 1 fully saturated rings. The Hall–Kier alpha value is -3.39. The SMILES string of the molecule is CC1Cc2cc(/C(C=N)=C/NC3CC3)ccc2C(c2c(F)cc(/C=C/C(=O)O)cc2F)N1CC(C)(C)F. The van der Waals surface area contributed by atoms with Gasteiger partial charge in [-0.3, -0.25) is 4.90 Å². The molecule has 0 spiro atoms. The van der Waals surface area contributed by atoms with Crippen LogP contribution in [0.3, 0.4) is 0 Å². The van der Waals surface area contributed by atoms with Crippen LogP contribution in [0.15, 0.2) is 42.6 Å². The molecule has 0 radical (unpaired) electrons. The monoisotopic (exact) mass is 511 g/mol.